The number of rotatable bonds is 9. The van der Waals surface area contributed by atoms with E-state index in [0.29, 0.717) is 12.1 Å². The molecule has 2 aliphatic rings. The monoisotopic (exact) mass is 511 g/mol. The number of pyridine rings is 1. The quantitative estimate of drug-likeness (QED) is 0.333. The van der Waals surface area contributed by atoms with Crippen LogP contribution in [-0.2, 0) is 28.0 Å². The van der Waals surface area contributed by atoms with Crippen molar-refractivity contribution < 1.29 is 37.9 Å². The largest absolute Gasteiger partial charge is 0.706 e. The minimum absolute atomic E-state index is 0.0205. The summed E-state index contributed by atoms with van der Waals surface area (Å²) in [6.07, 6.45) is -0.969. The van der Waals surface area contributed by atoms with E-state index in [2.05, 4.69) is 19.9 Å². The predicted molar refractivity (Wildman–Crippen MR) is 133 cm³/mol. The Bertz CT molecular complexity index is 1170. The molecule has 1 aromatic heterocycles. The van der Waals surface area contributed by atoms with E-state index < -0.39 is 48.6 Å². The maximum absolute atomic E-state index is 13.3. The zero-order valence-electron chi connectivity index (χ0n) is 20.9. The molecule has 4 rings (SSSR count). The number of aliphatic hydroxyl groups is 1. The molecule has 196 valence electrons. The number of aliphatic hydroxyl groups excluding tert-OH is 1. The van der Waals surface area contributed by atoms with Crippen LogP contribution in [-0.4, -0.2) is 71.9 Å². The Kier molecular flexibility index (Phi) is 7.60. The maximum Gasteiger partial charge on any atom is 0.706 e. The average molecular weight is 511 g/mol. The Labute approximate surface area is 214 Å². The van der Waals surface area contributed by atoms with Crippen LogP contribution < -0.4 is 10.6 Å². The fourth-order valence-electron chi connectivity index (χ4n) is 4.64. The molecule has 0 spiro atoms. The van der Waals surface area contributed by atoms with Gasteiger partial charge in [-0.2, -0.15) is 0 Å². The van der Waals surface area contributed by atoms with Crippen LogP contribution in [0.3, 0.4) is 0 Å². The zero-order chi connectivity index (χ0) is 26.7. The third-order valence-electron chi connectivity index (χ3n) is 6.31. The SMILES string of the molecule is CC(C)C[C@H](NC(=O)[C@@H](NC(=O)c1cccc(-c2ccccc2)n1)[C@@H](C)O)[B-]12OC(=O)C[O+]1CC(=O)O2. The van der Waals surface area contributed by atoms with Gasteiger partial charge in [0.2, 0.25) is 5.91 Å². The van der Waals surface area contributed by atoms with E-state index in [1.165, 1.54) is 13.0 Å². The van der Waals surface area contributed by atoms with Crippen molar-refractivity contribution in [1.82, 2.24) is 15.6 Å². The van der Waals surface area contributed by atoms with Gasteiger partial charge in [0.1, 0.15) is 11.7 Å². The molecule has 2 fully saturated rings. The van der Waals surface area contributed by atoms with E-state index in [0.717, 1.165) is 5.56 Å². The third kappa shape index (κ3) is 5.65. The molecular formula is C25H30BN3O8. The Morgan fingerprint density at radius 3 is 2.24 bits per heavy atom. The number of carbonyl (C=O) groups excluding carboxylic acids is 4. The topological polar surface area (TPSA) is 147 Å². The Morgan fingerprint density at radius 1 is 1.00 bits per heavy atom. The summed E-state index contributed by atoms with van der Waals surface area (Å²) in [6.45, 7) is 2.05. The number of hydrogen-bond donors (Lipinski definition) is 3. The smallest absolute Gasteiger partial charge is 0.581 e. The Balaban J connectivity index is 1.53. The molecule has 0 bridgehead atoms. The Hall–Kier alpha value is -3.77. The average Bonchev–Trinajstić information content (AvgIpc) is 3.33. The van der Waals surface area contributed by atoms with Crippen molar-refractivity contribution in [3.05, 3.63) is 54.2 Å². The summed E-state index contributed by atoms with van der Waals surface area (Å²) >= 11 is 0. The van der Waals surface area contributed by atoms with Crippen LogP contribution in [0.2, 0.25) is 0 Å². The molecule has 0 aliphatic carbocycles. The molecular weight excluding hydrogens is 481 g/mol. The number of fused-ring (bicyclic) bond motifs is 1. The first-order chi connectivity index (χ1) is 17.6. The maximum atomic E-state index is 13.3. The van der Waals surface area contributed by atoms with Crippen molar-refractivity contribution in [3.63, 3.8) is 0 Å². The lowest BCUT2D eigenvalue weighted by Gasteiger charge is -2.37. The number of aromatic nitrogens is 1. The molecule has 12 heteroatoms. The summed E-state index contributed by atoms with van der Waals surface area (Å²) in [7, 11) is 0. The minimum Gasteiger partial charge on any atom is -0.581 e. The van der Waals surface area contributed by atoms with Gasteiger partial charge in [0, 0.05) is 5.56 Å². The lowest BCUT2D eigenvalue weighted by molar-refractivity contribution is -0.141. The number of benzene rings is 1. The third-order valence-corrected chi connectivity index (χ3v) is 6.31. The van der Waals surface area contributed by atoms with Gasteiger partial charge in [-0.1, -0.05) is 50.2 Å². The molecule has 0 radical (unpaired) electrons. The van der Waals surface area contributed by atoms with Crippen LogP contribution in [0, 0.1) is 5.92 Å². The normalized spacial score (nSPS) is 18.9. The van der Waals surface area contributed by atoms with Crippen LogP contribution >= 0.6 is 0 Å². The molecule has 0 saturated carbocycles. The van der Waals surface area contributed by atoms with Crippen molar-refractivity contribution >= 4 is 30.5 Å². The predicted octanol–water partition coefficient (Wildman–Crippen LogP) is 0.903. The number of nitrogens with zero attached hydrogens (tertiary/aromatic N) is 1. The van der Waals surface area contributed by atoms with Crippen molar-refractivity contribution in [3.8, 4) is 11.3 Å². The molecule has 3 atom stereocenters. The molecule has 3 N–H and O–H groups in total. The second-order valence-corrected chi connectivity index (χ2v) is 9.71. The van der Waals surface area contributed by atoms with E-state index in [1.54, 1.807) is 12.1 Å². The second kappa shape index (κ2) is 10.7. The van der Waals surface area contributed by atoms with Crippen molar-refractivity contribution in [2.45, 2.75) is 45.3 Å². The van der Waals surface area contributed by atoms with Crippen LogP contribution in [0.25, 0.3) is 11.3 Å². The Morgan fingerprint density at radius 2 is 1.65 bits per heavy atom. The fourth-order valence-corrected chi connectivity index (χ4v) is 4.64. The van der Waals surface area contributed by atoms with Gasteiger partial charge in [0.05, 0.1) is 17.7 Å². The van der Waals surface area contributed by atoms with Gasteiger partial charge < -0.3 is 29.3 Å². The standard InChI is InChI=1S/C25H30BN3O8/c1-15(2)12-20(26-35-21(31)13-37(26)14-22(32)36-26)28-25(34)23(16(3)30)29-24(33)19-11-7-10-18(27-19)17-8-5-4-6-9-17/h4-11,15-16,20,23,30H,12-14H2,1-3H3,(H,28,34)(H,29,33)/t16-,20+,23+/m1/s1. The minimum atomic E-state index is -2.68. The molecule has 3 heterocycles. The van der Waals surface area contributed by atoms with Gasteiger partial charge in [0.15, 0.2) is 13.2 Å². The highest BCUT2D eigenvalue weighted by Gasteiger charge is 2.67. The molecule has 1 aromatic carbocycles. The summed E-state index contributed by atoms with van der Waals surface area (Å²) in [4.78, 5) is 54.8. The highest BCUT2D eigenvalue weighted by atomic mass is 16.9. The highest BCUT2D eigenvalue weighted by molar-refractivity contribution is 6.69. The van der Waals surface area contributed by atoms with Crippen molar-refractivity contribution in [2.75, 3.05) is 13.2 Å². The lowest BCUT2D eigenvalue weighted by atomic mass is 9.65. The van der Waals surface area contributed by atoms with E-state index in [9.17, 15) is 24.3 Å². The van der Waals surface area contributed by atoms with Crippen molar-refractivity contribution in [2.24, 2.45) is 5.92 Å². The summed E-state index contributed by atoms with van der Waals surface area (Å²) in [5.41, 5.74) is 1.46. The molecule has 0 unspecified atom stereocenters. The van der Waals surface area contributed by atoms with E-state index in [1.807, 2.05) is 44.2 Å². The zero-order valence-corrected chi connectivity index (χ0v) is 20.9. The first kappa shape index (κ1) is 26.3. The van der Waals surface area contributed by atoms with E-state index in [4.69, 9.17) is 9.31 Å². The van der Waals surface area contributed by atoms with Gasteiger partial charge in [-0.3, -0.25) is 9.59 Å². The number of hydrogen-bond acceptors (Lipinski definition) is 8. The summed E-state index contributed by atoms with van der Waals surface area (Å²) in [5.74, 6) is -3.45. The highest BCUT2D eigenvalue weighted by Crippen LogP contribution is 2.35. The molecule has 11 nitrogen and oxygen atoms in total. The molecule has 2 aromatic rings. The fraction of sp³-hybridized carbons (Fsp3) is 0.400. The second-order valence-electron chi connectivity index (χ2n) is 9.71. The summed E-state index contributed by atoms with van der Waals surface area (Å²) in [5, 5.41) is 15.7. The van der Waals surface area contributed by atoms with E-state index >= 15 is 0 Å². The van der Waals surface area contributed by atoms with Gasteiger partial charge in [-0.15, -0.1) is 0 Å². The molecule has 2 saturated heterocycles. The molecule has 2 amide bonds. The van der Waals surface area contributed by atoms with Gasteiger partial charge in [-0.05, 0) is 31.4 Å². The van der Waals surface area contributed by atoms with E-state index in [-0.39, 0.29) is 24.8 Å². The first-order valence-electron chi connectivity index (χ1n) is 12.2. The van der Waals surface area contributed by atoms with Crippen LogP contribution in [0.4, 0.5) is 0 Å². The summed E-state index contributed by atoms with van der Waals surface area (Å²) < 4.78 is 13.4. The molecule has 2 aliphatic heterocycles. The number of nitrogens with one attached hydrogen (secondary N) is 2. The van der Waals surface area contributed by atoms with Gasteiger partial charge in [0.25, 0.3) is 5.91 Å². The van der Waals surface area contributed by atoms with Crippen molar-refractivity contribution in [1.29, 1.82) is 0 Å². The molecule has 37 heavy (non-hydrogen) atoms. The van der Waals surface area contributed by atoms with Crippen LogP contribution in [0.1, 0.15) is 37.7 Å². The van der Waals surface area contributed by atoms with Crippen LogP contribution in [0.15, 0.2) is 48.5 Å². The summed E-state index contributed by atoms with van der Waals surface area (Å²) in [6, 6.07) is 12.9. The van der Waals surface area contributed by atoms with Gasteiger partial charge >= 0.3 is 18.7 Å². The number of carbonyl (C=O) groups is 4. The van der Waals surface area contributed by atoms with Gasteiger partial charge in [-0.25, -0.2) is 14.6 Å². The number of amides is 2. The van der Waals surface area contributed by atoms with Crippen LogP contribution in [0.5, 0.6) is 0 Å². The first-order valence-corrected chi connectivity index (χ1v) is 12.2. The lowest BCUT2D eigenvalue weighted by Crippen LogP contribution is -2.65.